The number of nitrogens with one attached hydrogen (secondary N) is 1. The Bertz CT molecular complexity index is 1060. The van der Waals surface area contributed by atoms with Gasteiger partial charge in [0.1, 0.15) is 5.82 Å². The van der Waals surface area contributed by atoms with Gasteiger partial charge in [0.05, 0.1) is 16.6 Å². The standard InChI is InChI=1S/C24H22ClFN2O2/c1-16(19-9-6-10-21(13-19)27-17(2)29)28(15-18-7-4-3-5-8-18)24(30)22-12-11-20(26)14-23(22)25/h3-14,16H,15H2,1-2H3,(H,27,29). The van der Waals surface area contributed by atoms with Crippen molar-refractivity contribution in [2.75, 3.05) is 5.32 Å². The van der Waals surface area contributed by atoms with Crippen LogP contribution in [0.5, 0.6) is 0 Å². The van der Waals surface area contributed by atoms with E-state index in [4.69, 9.17) is 11.6 Å². The molecule has 3 rings (SSSR count). The summed E-state index contributed by atoms with van der Waals surface area (Å²) in [5, 5.41) is 2.83. The van der Waals surface area contributed by atoms with E-state index in [0.29, 0.717) is 12.2 Å². The molecule has 0 aliphatic rings. The molecule has 0 fully saturated rings. The summed E-state index contributed by atoms with van der Waals surface area (Å²) in [4.78, 5) is 26.5. The van der Waals surface area contributed by atoms with Crippen LogP contribution in [0.25, 0.3) is 0 Å². The van der Waals surface area contributed by atoms with Gasteiger partial charge in [-0.1, -0.05) is 54.1 Å². The van der Waals surface area contributed by atoms with Crippen molar-refractivity contribution in [1.82, 2.24) is 4.90 Å². The van der Waals surface area contributed by atoms with Gasteiger partial charge >= 0.3 is 0 Å². The van der Waals surface area contributed by atoms with Crippen LogP contribution in [-0.2, 0) is 11.3 Å². The van der Waals surface area contributed by atoms with Crippen molar-refractivity contribution in [2.45, 2.75) is 26.4 Å². The molecule has 0 aliphatic heterocycles. The minimum absolute atomic E-state index is 0.0669. The molecule has 30 heavy (non-hydrogen) atoms. The molecule has 0 saturated heterocycles. The highest BCUT2D eigenvalue weighted by atomic mass is 35.5. The number of halogens is 2. The maximum absolute atomic E-state index is 13.5. The van der Waals surface area contributed by atoms with E-state index in [2.05, 4.69) is 5.32 Å². The summed E-state index contributed by atoms with van der Waals surface area (Å²) < 4.78 is 13.5. The number of nitrogens with zero attached hydrogens (tertiary/aromatic N) is 1. The van der Waals surface area contributed by atoms with E-state index in [1.807, 2.05) is 55.5 Å². The number of amides is 2. The van der Waals surface area contributed by atoms with Crippen molar-refractivity contribution in [3.63, 3.8) is 0 Å². The lowest BCUT2D eigenvalue weighted by molar-refractivity contribution is -0.114. The van der Waals surface area contributed by atoms with Gasteiger partial charge in [0.25, 0.3) is 5.91 Å². The van der Waals surface area contributed by atoms with Gasteiger partial charge in [0, 0.05) is 19.2 Å². The van der Waals surface area contributed by atoms with Crippen molar-refractivity contribution in [3.05, 3.63) is 100 Å². The molecule has 0 bridgehead atoms. The van der Waals surface area contributed by atoms with Crippen molar-refractivity contribution in [2.24, 2.45) is 0 Å². The molecule has 0 aliphatic carbocycles. The van der Waals surface area contributed by atoms with Crippen LogP contribution in [-0.4, -0.2) is 16.7 Å². The third kappa shape index (κ3) is 5.24. The van der Waals surface area contributed by atoms with Crippen LogP contribution in [0.2, 0.25) is 5.02 Å². The zero-order chi connectivity index (χ0) is 21.7. The number of carbonyl (C=O) groups excluding carboxylic acids is 2. The van der Waals surface area contributed by atoms with Crippen LogP contribution in [0.4, 0.5) is 10.1 Å². The minimum atomic E-state index is -0.498. The van der Waals surface area contributed by atoms with Gasteiger partial charge in [-0.2, -0.15) is 0 Å². The number of anilines is 1. The molecule has 2 amide bonds. The van der Waals surface area contributed by atoms with E-state index < -0.39 is 5.82 Å². The number of carbonyl (C=O) groups is 2. The van der Waals surface area contributed by atoms with E-state index in [9.17, 15) is 14.0 Å². The normalized spacial score (nSPS) is 11.6. The van der Waals surface area contributed by atoms with Crippen molar-refractivity contribution in [3.8, 4) is 0 Å². The third-order valence-corrected chi connectivity index (χ3v) is 5.09. The lowest BCUT2D eigenvalue weighted by Crippen LogP contribution is -2.33. The Morgan fingerprint density at radius 2 is 1.77 bits per heavy atom. The molecule has 0 heterocycles. The highest BCUT2D eigenvalue weighted by Gasteiger charge is 2.25. The molecule has 3 aromatic carbocycles. The lowest BCUT2D eigenvalue weighted by Gasteiger charge is -2.30. The fourth-order valence-electron chi connectivity index (χ4n) is 3.24. The summed E-state index contributed by atoms with van der Waals surface area (Å²) >= 11 is 6.17. The van der Waals surface area contributed by atoms with E-state index in [1.165, 1.54) is 19.1 Å². The summed E-state index contributed by atoms with van der Waals surface area (Å²) in [6.07, 6.45) is 0. The molecule has 154 valence electrons. The Balaban J connectivity index is 1.98. The SMILES string of the molecule is CC(=O)Nc1cccc(C(C)N(Cc2ccccc2)C(=O)c2ccc(F)cc2Cl)c1. The molecule has 1 N–H and O–H groups in total. The van der Waals surface area contributed by atoms with Crippen LogP contribution in [0.1, 0.15) is 41.4 Å². The summed E-state index contributed by atoms with van der Waals surface area (Å²) in [5.74, 6) is -0.974. The van der Waals surface area contributed by atoms with Crippen LogP contribution >= 0.6 is 11.6 Å². The predicted molar refractivity (Wildman–Crippen MR) is 117 cm³/mol. The fraction of sp³-hybridized carbons (Fsp3) is 0.167. The summed E-state index contributed by atoms with van der Waals surface area (Å²) in [7, 11) is 0. The molecule has 0 aromatic heterocycles. The monoisotopic (exact) mass is 424 g/mol. The summed E-state index contributed by atoms with van der Waals surface area (Å²) in [6, 6.07) is 20.4. The average Bonchev–Trinajstić information content (AvgIpc) is 2.71. The molecule has 4 nitrogen and oxygen atoms in total. The molecule has 1 unspecified atom stereocenters. The van der Waals surface area contributed by atoms with Crippen LogP contribution in [0, 0.1) is 5.82 Å². The fourth-order valence-corrected chi connectivity index (χ4v) is 3.49. The molecule has 6 heteroatoms. The quantitative estimate of drug-likeness (QED) is 0.540. The maximum atomic E-state index is 13.5. The zero-order valence-corrected chi connectivity index (χ0v) is 17.5. The maximum Gasteiger partial charge on any atom is 0.256 e. The Labute approximate surface area is 180 Å². The summed E-state index contributed by atoms with van der Waals surface area (Å²) in [6.45, 7) is 3.70. The van der Waals surface area contributed by atoms with Crippen molar-refractivity contribution < 1.29 is 14.0 Å². The number of benzene rings is 3. The van der Waals surface area contributed by atoms with E-state index in [0.717, 1.165) is 17.2 Å². The van der Waals surface area contributed by atoms with Crippen molar-refractivity contribution in [1.29, 1.82) is 0 Å². The van der Waals surface area contributed by atoms with Gasteiger partial charge in [-0.05, 0) is 48.4 Å². The van der Waals surface area contributed by atoms with Crippen LogP contribution in [0.3, 0.4) is 0 Å². The Morgan fingerprint density at radius 3 is 2.43 bits per heavy atom. The Morgan fingerprint density at radius 1 is 1.03 bits per heavy atom. The number of hydrogen-bond donors (Lipinski definition) is 1. The molecule has 0 saturated carbocycles. The summed E-state index contributed by atoms with van der Waals surface area (Å²) in [5.41, 5.74) is 2.69. The largest absolute Gasteiger partial charge is 0.328 e. The predicted octanol–water partition coefficient (Wildman–Crippen LogP) is 5.84. The minimum Gasteiger partial charge on any atom is -0.328 e. The lowest BCUT2D eigenvalue weighted by atomic mass is 10.0. The van der Waals surface area contributed by atoms with Crippen molar-refractivity contribution >= 4 is 29.1 Å². The molecular formula is C24H22ClFN2O2. The number of hydrogen-bond acceptors (Lipinski definition) is 2. The average molecular weight is 425 g/mol. The van der Waals surface area contributed by atoms with Crippen LogP contribution < -0.4 is 5.32 Å². The van der Waals surface area contributed by atoms with E-state index >= 15 is 0 Å². The third-order valence-electron chi connectivity index (χ3n) is 4.78. The van der Waals surface area contributed by atoms with Gasteiger partial charge in [-0.15, -0.1) is 0 Å². The second-order valence-electron chi connectivity index (χ2n) is 7.03. The second-order valence-corrected chi connectivity index (χ2v) is 7.43. The van der Waals surface area contributed by atoms with Gasteiger partial charge in [-0.25, -0.2) is 4.39 Å². The molecule has 1 atom stereocenters. The van der Waals surface area contributed by atoms with E-state index in [-0.39, 0.29) is 28.4 Å². The first kappa shape index (κ1) is 21.5. The van der Waals surface area contributed by atoms with Gasteiger partial charge < -0.3 is 10.2 Å². The first-order chi connectivity index (χ1) is 14.3. The smallest absolute Gasteiger partial charge is 0.256 e. The zero-order valence-electron chi connectivity index (χ0n) is 16.7. The highest BCUT2D eigenvalue weighted by Crippen LogP contribution is 2.29. The van der Waals surface area contributed by atoms with E-state index in [1.54, 1.807) is 11.0 Å². The first-order valence-electron chi connectivity index (χ1n) is 9.52. The first-order valence-corrected chi connectivity index (χ1v) is 9.90. The number of rotatable bonds is 6. The molecule has 0 spiro atoms. The van der Waals surface area contributed by atoms with Gasteiger partial charge in [0.15, 0.2) is 0 Å². The highest BCUT2D eigenvalue weighted by molar-refractivity contribution is 6.33. The topological polar surface area (TPSA) is 49.4 Å². The van der Waals surface area contributed by atoms with Crippen LogP contribution in [0.15, 0.2) is 72.8 Å². The van der Waals surface area contributed by atoms with Gasteiger partial charge in [-0.3, -0.25) is 9.59 Å². The molecular weight excluding hydrogens is 403 g/mol. The molecule has 3 aromatic rings. The Kier molecular flexibility index (Phi) is 6.85. The Hall–Kier alpha value is -3.18. The molecule has 0 radical (unpaired) electrons. The second kappa shape index (κ2) is 9.55. The van der Waals surface area contributed by atoms with Gasteiger partial charge in [0.2, 0.25) is 5.91 Å².